The lowest BCUT2D eigenvalue weighted by molar-refractivity contribution is 0.226. The first-order chi connectivity index (χ1) is 4.56. The van der Waals surface area contributed by atoms with Crippen LogP contribution in [-0.4, -0.2) is 36.4 Å². The van der Waals surface area contributed by atoms with E-state index < -0.39 is 8.80 Å². The van der Waals surface area contributed by atoms with Crippen molar-refractivity contribution in [2.75, 3.05) is 13.2 Å². The molecule has 0 aromatic carbocycles. The summed E-state index contributed by atoms with van der Waals surface area (Å²) in [5.74, 6) is 0. The largest absolute Gasteiger partial charge is 0.492 e. The molecule has 0 aliphatic rings. The predicted molar refractivity (Wildman–Crippen MR) is 38.9 cm³/mol. The molecule has 0 bridgehead atoms. The molecule has 0 amide bonds. The van der Waals surface area contributed by atoms with Gasteiger partial charge in [-0.25, -0.2) is 0 Å². The van der Waals surface area contributed by atoms with Gasteiger partial charge in [-0.1, -0.05) is 0 Å². The zero-order chi connectivity index (χ0) is 8.04. The van der Waals surface area contributed by atoms with Crippen LogP contribution >= 0.6 is 0 Å². The summed E-state index contributed by atoms with van der Waals surface area (Å²) in [5, 5.41) is 2.79. The van der Waals surface area contributed by atoms with E-state index in [4.69, 9.17) is 20.1 Å². The van der Waals surface area contributed by atoms with E-state index in [9.17, 15) is 0 Å². The maximum atomic E-state index is 8.51. The third kappa shape index (κ3) is 8.02. The number of hydrogen-bond acceptors (Lipinski definition) is 5. The Kier molecular flexibility index (Phi) is 4.78. The molecular weight excluding hydrogens is 152 g/mol. The van der Waals surface area contributed by atoms with E-state index >= 15 is 0 Å². The molecule has 10 heavy (non-hydrogen) atoms. The highest BCUT2D eigenvalue weighted by Crippen LogP contribution is 1.98. The summed E-state index contributed by atoms with van der Waals surface area (Å²) < 4.78 is 0. The Morgan fingerprint density at radius 2 is 1.90 bits per heavy atom. The first kappa shape index (κ1) is 10.0. The molecule has 0 fully saturated rings. The Bertz CT molecular complexity index is 85.1. The van der Waals surface area contributed by atoms with Gasteiger partial charge in [0.1, 0.15) is 0 Å². The highest BCUT2D eigenvalue weighted by Gasteiger charge is 2.25. The molecule has 0 spiro atoms. The lowest BCUT2D eigenvalue weighted by Gasteiger charge is -2.08. The van der Waals surface area contributed by atoms with Gasteiger partial charge in [-0.05, 0) is 13.0 Å². The third-order valence-corrected chi connectivity index (χ3v) is 2.03. The SMILES string of the molecule is NCNCCC[Si](O)(O)O. The number of nitrogens with two attached hydrogens (primary N) is 1. The van der Waals surface area contributed by atoms with Crippen LogP contribution in [0.5, 0.6) is 0 Å². The van der Waals surface area contributed by atoms with Crippen molar-refractivity contribution in [1.29, 1.82) is 0 Å². The molecule has 5 nitrogen and oxygen atoms in total. The highest BCUT2D eigenvalue weighted by molar-refractivity contribution is 6.56. The molecule has 6 N–H and O–H groups in total. The number of hydrogen-bond donors (Lipinski definition) is 5. The average molecular weight is 166 g/mol. The summed E-state index contributed by atoms with van der Waals surface area (Å²) >= 11 is 0. The van der Waals surface area contributed by atoms with Gasteiger partial charge in [0.25, 0.3) is 0 Å². The minimum Gasteiger partial charge on any atom is -0.390 e. The second-order valence-corrected chi connectivity index (χ2v) is 4.13. The summed E-state index contributed by atoms with van der Waals surface area (Å²) in [6, 6.07) is 0.0694. The number of nitrogens with one attached hydrogen (secondary N) is 1. The fourth-order valence-electron chi connectivity index (χ4n) is 0.553. The monoisotopic (exact) mass is 166 g/mol. The standard InChI is InChI=1S/C4H14N2O3Si/c5-4-6-2-1-3-10(7,8)9/h6-9H,1-5H2. The lowest BCUT2D eigenvalue weighted by atomic mass is 10.5. The fraction of sp³-hybridized carbons (Fsp3) is 1.00. The first-order valence-electron chi connectivity index (χ1n) is 3.14. The molecule has 0 aromatic heterocycles. The van der Waals surface area contributed by atoms with E-state index in [1.807, 2.05) is 0 Å². The average Bonchev–Trinajstić information content (AvgIpc) is 1.78. The van der Waals surface area contributed by atoms with Crippen LogP contribution in [0.25, 0.3) is 0 Å². The summed E-state index contributed by atoms with van der Waals surface area (Å²) in [4.78, 5) is 25.5. The van der Waals surface area contributed by atoms with Crippen molar-refractivity contribution in [2.45, 2.75) is 12.5 Å². The van der Waals surface area contributed by atoms with Crippen LogP contribution in [0.2, 0.25) is 6.04 Å². The van der Waals surface area contributed by atoms with E-state index in [-0.39, 0.29) is 6.04 Å². The van der Waals surface area contributed by atoms with E-state index in [1.165, 1.54) is 0 Å². The van der Waals surface area contributed by atoms with E-state index in [2.05, 4.69) is 5.32 Å². The molecular formula is C4H14N2O3Si. The first-order valence-corrected chi connectivity index (χ1v) is 5.19. The quantitative estimate of drug-likeness (QED) is 0.181. The normalized spacial score (nSPS) is 12.0. The van der Waals surface area contributed by atoms with E-state index in [1.54, 1.807) is 0 Å². The van der Waals surface area contributed by atoms with E-state index in [0.717, 1.165) is 0 Å². The Morgan fingerprint density at radius 3 is 2.30 bits per heavy atom. The van der Waals surface area contributed by atoms with Crippen LogP contribution in [0.3, 0.4) is 0 Å². The van der Waals surface area contributed by atoms with Crippen LogP contribution in [0.1, 0.15) is 6.42 Å². The van der Waals surface area contributed by atoms with Crippen molar-refractivity contribution < 1.29 is 14.4 Å². The highest BCUT2D eigenvalue weighted by atomic mass is 28.4. The van der Waals surface area contributed by atoms with Crippen molar-refractivity contribution in [1.82, 2.24) is 5.32 Å². The Morgan fingerprint density at radius 1 is 1.30 bits per heavy atom. The second-order valence-electron chi connectivity index (χ2n) is 2.08. The fourth-order valence-corrected chi connectivity index (χ4v) is 1.20. The molecule has 6 heteroatoms. The zero-order valence-corrected chi connectivity index (χ0v) is 6.75. The van der Waals surface area contributed by atoms with Gasteiger partial charge in [-0.2, -0.15) is 0 Å². The smallest absolute Gasteiger partial charge is 0.390 e. The van der Waals surface area contributed by atoms with Crippen molar-refractivity contribution in [2.24, 2.45) is 5.73 Å². The second kappa shape index (κ2) is 4.77. The van der Waals surface area contributed by atoms with Crippen molar-refractivity contribution in [3.05, 3.63) is 0 Å². The maximum absolute atomic E-state index is 8.51. The van der Waals surface area contributed by atoms with Crippen molar-refractivity contribution in [3.8, 4) is 0 Å². The zero-order valence-electron chi connectivity index (χ0n) is 5.75. The van der Waals surface area contributed by atoms with Crippen LogP contribution in [0, 0.1) is 0 Å². The molecule has 0 saturated carbocycles. The van der Waals surface area contributed by atoms with Gasteiger partial charge in [0.2, 0.25) is 0 Å². The minimum atomic E-state index is -3.79. The van der Waals surface area contributed by atoms with Crippen LogP contribution in [0.15, 0.2) is 0 Å². The van der Waals surface area contributed by atoms with Gasteiger partial charge in [-0.15, -0.1) is 0 Å². The maximum Gasteiger partial charge on any atom is 0.492 e. The summed E-state index contributed by atoms with van der Waals surface area (Å²) in [6.07, 6.45) is 0.535. The van der Waals surface area contributed by atoms with Gasteiger partial charge < -0.3 is 25.4 Å². The van der Waals surface area contributed by atoms with Crippen LogP contribution in [-0.2, 0) is 0 Å². The molecule has 0 unspecified atom stereocenters. The van der Waals surface area contributed by atoms with Gasteiger partial charge in [0, 0.05) is 12.7 Å². The van der Waals surface area contributed by atoms with Gasteiger partial charge in [0.15, 0.2) is 0 Å². The predicted octanol–water partition coefficient (Wildman–Crippen LogP) is -2.20. The molecule has 0 aromatic rings. The lowest BCUT2D eigenvalue weighted by Crippen LogP contribution is -2.35. The summed E-state index contributed by atoms with van der Waals surface area (Å²) in [5.41, 5.74) is 5.09. The van der Waals surface area contributed by atoms with Gasteiger partial charge >= 0.3 is 8.80 Å². The van der Waals surface area contributed by atoms with Gasteiger partial charge in [0.05, 0.1) is 0 Å². The molecule has 0 radical (unpaired) electrons. The van der Waals surface area contributed by atoms with Crippen LogP contribution in [0.4, 0.5) is 0 Å². The minimum absolute atomic E-state index is 0.0694. The molecule has 62 valence electrons. The van der Waals surface area contributed by atoms with Crippen molar-refractivity contribution >= 4 is 8.80 Å². The van der Waals surface area contributed by atoms with Gasteiger partial charge in [-0.3, -0.25) is 0 Å². The van der Waals surface area contributed by atoms with Crippen molar-refractivity contribution in [3.63, 3.8) is 0 Å². The number of rotatable bonds is 5. The molecule has 0 aliphatic heterocycles. The third-order valence-electron chi connectivity index (χ3n) is 1.01. The Balaban J connectivity index is 3.04. The summed E-state index contributed by atoms with van der Waals surface area (Å²) in [6.45, 7) is 0.976. The molecule has 0 atom stereocenters. The molecule has 0 heterocycles. The Hall–Kier alpha value is 0.0169. The molecule has 0 rings (SSSR count). The van der Waals surface area contributed by atoms with Crippen LogP contribution < -0.4 is 11.1 Å². The topological polar surface area (TPSA) is 98.7 Å². The molecule has 0 aliphatic carbocycles. The Labute approximate surface area is 60.9 Å². The molecule has 0 saturated heterocycles. The summed E-state index contributed by atoms with van der Waals surface area (Å²) in [7, 11) is -3.79. The van der Waals surface area contributed by atoms with E-state index in [0.29, 0.717) is 19.6 Å².